The molecule has 0 spiro atoms. The fourth-order valence-electron chi connectivity index (χ4n) is 3.14. The molecule has 0 aromatic heterocycles. The molecule has 2 amide bonds. The van der Waals surface area contributed by atoms with E-state index in [9.17, 15) is 14.7 Å². The second-order valence-corrected chi connectivity index (χ2v) is 6.32. The molecular weight excluding hydrogens is 316 g/mol. The minimum Gasteiger partial charge on any atom is -0.391 e. The molecule has 5 nitrogen and oxygen atoms in total. The topological polar surface area (TPSA) is 69.6 Å². The third-order valence-corrected chi connectivity index (χ3v) is 4.43. The summed E-state index contributed by atoms with van der Waals surface area (Å²) in [5.74, 6) is -0.198. The quantitative estimate of drug-likeness (QED) is 0.875. The van der Waals surface area contributed by atoms with Crippen molar-refractivity contribution in [3.8, 4) is 0 Å². The monoisotopic (exact) mass is 338 g/mol. The van der Waals surface area contributed by atoms with Crippen molar-refractivity contribution in [2.24, 2.45) is 0 Å². The van der Waals surface area contributed by atoms with Crippen molar-refractivity contribution in [2.45, 2.75) is 25.9 Å². The van der Waals surface area contributed by atoms with Crippen LogP contribution in [0.1, 0.15) is 28.4 Å². The molecule has 1 aliphatic heterocycles. The summed E-state index contributed by atoms with van der Waals surface area (Å²) in [6.07, 6.45) is 0.625. The molecule has 1 aliphatic rings. The zero-order chi connectivity index (χ0) is 17.8. The standard InChI is InChI=1S/C20H22N2O3/c1-14(23)22-10-9-16-12-17(7-8-19(16)22)20(25)21-13-18(24)11-15-5-3-2-4-6-15/h2-8,12,18,24H,9-11,13H2,1H3,(H,21,25). The molecule has 2 aromatic carbocycles. The van der Waals surface area contributed by atoms with Crippen LogP contribution >= 0.6 is 0 Å². The van der Waals surface area contributed by atoms with Gasteiger partial charge in [-0.2, -0.15) is 0 Å². The number of hydrogen-bond donors (Lipinski definition) is 2. The number of fused-ring (bicyclic) bond motifs is 1. The lowest BCUT2D eigenvalue weighted by Crippen LogP contribution is -2.33. The molecule has 1 heterocycles. The van der Waals surface area contributed by atoms with Gasteiger partial charge in [0.1, 0.15) is 0 Å². The van der Waals surface area contributed by atoms with Gasteiger partial charge in [-0.15, -0.1) is 0 Å². The van der Waals surface area contributed by atoms with Crippen LogP contribution in [0.2, 0.25) is 0 Å². The lowest BCUT2D eigenvalue weighted by atomic mass is 10.1. The van der Waals surface area contributed by atoms with Crippen molar-refractivity contribution in [1.29, 1.82) is 0 Å². The smallest absolute Gasteiger partial charge is 0.251 e. The average molecular weight is 338 g/mol. The predicted molar refractivity (Wildman–Crippen MR) is 96.7 cm³/mol. The Morgan fingerprint density at radius 2 is 1.96 bits per heavy atom. The number of amides is 2. The van der Waals surface area contributed by atoms with Crippen LogP contribution < -0.4 is 10.2 Å². The summed E-state index contributed by atoms with van der Waals surface area (Å²) in [5, 5.41) is 12.9. The number of carbonyl (C=O) groups is 2. The summed E-state index contributed by atoms with van der Waals surface area (Å²) < 4.78 is 0. The number of carbonyl (C=O) groups excluding carboxylic acids is 2. The molecule has 0 fully saturated rings. The maximum absolute atomic E-state index is 12.3. The molecule has 0 bridgehead atoms. The predicted octanol–water partition coefficient (Wildman–Crippen LogP) is 1.93. The number of nitrogens with zero attached hydrogens (tertiary/aromatic N) is 1. The van der Waals surface area contributed by atoms with E-state index >= 15 is 0 Å². The molecule has 0 aliphatic carbocycles. The van der Waals surface area contributed by atoms with Gasteiger partial charge < -0.3 is 15.3 Å². The Morgan fingerprint density at radius 3 is 2.68 bits per heavy atom. The van der Waals surface area contributed by atoms with E-state index in [4.69, 9.17) is 0 Å². The maximum atomic E-state index is 12.3. The molecule has 25 heavy (non-hydrogen) atoms. The lowest BCUT2D eigenvalue weighted by Gasteiger charge is -2.15. The van der Waals surface area contributed by atoms with Gasteiger partial charge in [-0.1, -0.05) is 30.3 Å². The van der Waals surface area contributed by atoms with Crippen LogP contribution in [0.15, 0.2) is 48.5 Å². The Hall–Kier alpha value is -2.66. The summed E-state index contributed by atoms with van der Waals surface area (Å²) >= 11 is 0. The number of benzene rings is 2. The van der Waals surface area contributed by atoms with Crippen molar-refractivity contribution in [3.05, 3.63) is 65.2 Å². The number of rotatable bonds is 5. The van der Waals surface area contributed by atoms with E-state index in [-0.39, 0.29) is 18.4 Å². The molecule has 5 heteroatoms. The first-order valence-electron chi connectivity index (χ1n) is 8.46. The molecule has 2 aromatic rings. The van der Waals surface area contributed by atoms with Gasteiger partial charge in [-0.3, -0.25) is 9.59 Å². The van der Waals surface area contributed by atoms with E-state index in [0.29, 0.717) is 18.5 Å². The summed E-state index contributed by atoms with van der Waals surface area (Å²) in [7, 11) is 0. The molecule has 1 unspecified atom stereocenters. The Kier molecular flexibility index (Phi) is 5.14. The van der Waals surface area contributed by atoms with Gasteiger partial charge in [-0.05, 0) is 35.7 Å². The van der Waals surface area contributed by atoms with Crippen LogP contribution in [-0.4, -0.2) is 36.1 Å². The van der Waals surface area contributed by atoms with Crippen molar-refractivity contribution in [2.75, 3.05) is 18.0 Å². The molecule has 0 saturated carbocycles. The highest BCUT2D eigenvalue weighted by atomic mass is 16.3. The van der Waals surface area contributed by atoms with E-state index in [0.717, 1.165) is 23.2 Å². The summed E-state index contributed by atoms with van der Waals surface area (Å²) in [4.78, 5) is 25.6. The van der Waals surface area contributed by atoms with Crippen LogP contribution in [0, 0.1) is 0 Å². The van der Waals surface area contributed by atoms with Crippen LogP contribution in [0.25, 0.3) is 0 Å². The van der Waals surface area contributed by atoms with Crippen molar-refractivity contribution < 1.29 is 14.7 Å². The first-order valence-corrected chi connectivity index (χ1v) is 8.46. The molecule has 0 radical (unpaired) electrons. The molecular formula is C20H22N2O3. The van der Waals surface area contributed by atoms with Crippen LogP contribution in [-0.2, 0) is 17.6 Å². The third kappa shape index (κ3) is 4.06. The lowest BCUT2D eigenvalue weighted by molar-refractivity contribution is -0.116. The molecule has 3 rings (SSSR count). The molecule has 1 atom stereocenters. The summed E-state index contributed by atoms with van der Waals surface area (Å²) in [6, 6.07) is 15.1. The van der Waals surface area contributed by atoms with Gasteiger partial charge in [0.25, 0.3) is 5.91 Å². The third-order valence-electron chi connectivity index (χ3n) is 4.43. The Labute approximate surface area is 147 Å². The second-order valence-electron chi connectivity index (χ2n) is 6.32. The van der Waals surface area contributed by atoms with Gasteiger partial charge in [0.05, 0.1) is 6.10 Å². The van der Waals surface area contributed by atoms with Crippen LogP contribution in [0.3, 0.4) is 0 Å². The van der Waals surface area contributed by atoms with Gasteiger partial charge in [0.15, 0.2) is 0 Å². The van der Waals surface area contributed by atoms with Gasteiger partial charge in [-0.25, -0.2) is 0 Å². The normalized spacial score (nSPS) is 14.1. The van der Waals surface area contributed by atoms with Gasteiger partial charge >= 0.3 is 0 Å². The maximum Gasteiger partial charge on any atom is 0.251 e. The number of aliphatic hydroxyl groups excluding tert-OH is 1. The molecule has 2 N–H and O–H groups in total. The fraction of sp³-hybridized carbons (Fsp3) is 0.300. The van der Waals surface area contributed by atoms with Crippen LogP contribution in [0.5, 0.6) is 0 Å². The van der Waals surface area contributed by atoms with Crippen LogP contribution in [0.4, 0.5) is 5.69 Å². The van der Waals surface area contributed by atoms with E-state index in [2.05, 4.69) is 5.32 Å². The fourth-order valence-corrected chi connectivity index (χ4v) is 3.14. The highest BCUT2D eigenvalue weighted by Gasteiger charge is 2.23. The number of nitrogens with one attached hydrogen (secondary N) is 1. The Morgan fingerprint density at radius 1 is 1.20 bits per heavy atom. The second kappa shape index (κ2) is 7.49. The van der Waals surface area contributed by atoms with Crippen molar-refractivity contribution >= 4 is 17.5 Å². The first kappa shape index (κ1) is 17.2. The SMILES string of the molecule is CC(=O)N1CCc2cc(C(=O)NCC(O)Cc3ccccc3)ccc21. The minimum absolute atomic E-state index is 0.0139. The zero-order valence-electron chi connectivity index (χ0n) is 14.2. The minimum atomic E-state index is -0.631. The van der Waals surface area contributed by atoms with E-state index in [1.807, 2.05) is 42.5 Å². The average Bonchev–Trinajstić information content (AvgIpc) is 3.04. The highest BCUT2D eigenvalue weighted by molar-refractivity contribution is 5.97. The molecule has 0 saturated heterocycles. The highest BCUT2D eigenvalue weighted by Crippen LogP contribution is 2.28. The van der Waals surface area contributed by atoms with E-state index in [1.165, 1.54) is 0 Å². The summed E-state index contributed by atoms with van der Waals surface area (Å²) in [5.41, 5.74) is 3.48. The first-order chi connectivity index (χ1) is 12.0. The van der Waals surface area contributed by atoms with Gasteiger partial charge in [0, 0.05) is 37.7 Å². The molecule has 130 valence electrons. The number of anilines is 1. The number of hydrogen-bond acceptors (Lipinski definition) is 3. The zero-order valence-corrected chi connectivity index (χ0v) is 14.2. The van der Waals surface area contributed by atoms with E-state index in [1.54, 1.807) is 17.9 Å². The van der Waals surface area contributed by atoms with E-state index < -0.39 is 6.10 Å². The number of aliphatic hydroxyl groups is 1. The van der Waals surface area contributed by atoms with Gasteiger partial charge in [0.2, 0.25) is 5.91 Å². The Balaban J connectivity index is 1.58. The van der Waals surface area contributed by atoms with Crippen molar-refractivity contribution in [1.82, 2.24) is 5.32 Å². The summed E-state index contributed by atoms with van der Waals surface area (Å²) in [6.45, 7) is 2.40. The Bertz CT molecular complexity index is 774. The van der Waals surface area contributed by atoms with Crippen molar-refractivity contribution in [3.63, 3.8) is 0 Å². The largest absolute Gasteiger partial charge is 0.391 e.